The topological polar surface area (TPSA) is 71.4 Å². The molecule has 0 amide bonds. The van der Waals surface area contributed by atoms with Gasteiger partial charge in [-0.25, -0.2) is 0 Å². The molecule has 0 aromatic rings. The largest absolute Gasteiger partial charge is 0.522 e. The molecule has 0 aromatic heterocycles. The van der Waals surface area contributed by atoms with Crippen LogP contribution >= 0.6 is 12.6 Å². The van der Waals surface area contributed by atoms with Gasteiger partial charge in [-0.3, -0.25) is 9.35 Å². The van der Waals surface area contributed by atoms with Crippen LogP contribution in [0.25, 0.3) is 0 Å². The highest BCUT2D eigenvalue weighted by atomic mass is 32.2. The Kier molecular flexibility index (Phi) is 8.30. The maximum Gasteiger partial charge on any atom is 0.522 e. The first-order valence-corrected chi connectivity index (χ1v) is 12.2. The van der Waals surface area contributed by atoms with Crippen molar-refractivity contribution < 1.29 is 30.9 Å². The summed E-state index contributed by atoms with van der Waals surface area (Å²) < 4.78 is 57.3. The Hall–Kier alpha value is -0.280. The summed E-state index contributed by atoms with van der Waals surface area (Å²) in [7, 11) is -5.84. The molecule has 3 rings (SSSR count). The Morgan fingerprint density at radius 3 is 1.82 bits per heavy atom. The Morgan fingerprint density at radius 2 is 1.36 bits per heavy atom. The minimum Gasteiger partial charge on any atom is -0.298 e. The monoisotopic (exact) mass is 444 g/mol. The summed E-state index contributed by atoms with van der Waals surface area (Å²) in [6.45, 7) is 0. The number of alkyl halides is 3. The van der Waals surface area contributed by atoms with Gasteiger partial charge in [-0.15, -0.1) is 0 Å². The molecule has 3 fully saturated rings. The van der Waals surface area contributed by atoms with Crippen molar-refractivity contribution in [3.63, 3.8) is 0 Å². The van der Waals surface area contributed by atoms with Gasteiger partial charge in [0.1, 0.15) is 0 Å². The minimum absolute atomic E-state index is 0.263. The lowest BCUT2D eigenvalue weighted by Crippen LogP contribution is -2.49. The Morgan fingerprint density at radius 1 is 0.893 bits per heavy atom. The second kappa shape index (κ2) is 9.69. The van der Waals surface area contributed by atoms with E-state index in [4.69, 9.17) is 25.6 Å². The summed E-state index contributed by atoms with van der Waals surface area (Å²) in [6, 6.07) is 0. The summed E-state index contributed by atoms with van der Waals surface area (Å²) >= 11 is 5.02. The number of carbonyl (C=O) groups excluding carboxylic acids is 1. The molecule has 0 aliphatic heterocycles. The first kappa shape index (κ1) is 24.0. The van der Waals surface area contributed by atoms with E-state index >= 15 is 0 Å². The second-order valence-electron chi connectivity index (χ2n) is 8.44. The fraction of sp³-hybridized carbons (Fsp3) is 0.947. The Labute approximate surface area is 171 Å². The van der Waals surface area contributed by atoms with Gasteiger partial charge in [-0.1, -0.05) is 44.9 Å². The van der Waals surface area contributed by atoms with Crippen LogP contribution in [0.2, 0.25) is 0 Å². The maximum atomic E-state index is 13.2. The first-order valence-electron chi connectivity index (χ1n) is 10.3. The minimum atomic E-state index is -5.84. The van der Waals surface area contributed by atoms with Gasteiger partial charge in [0.2, 0.25) is 0 Å². The standard InChI is InChI=1S/C18H30OS.CHF3O3S/c19-17-16(14-8-3-1-4-9-14)12-7-13-18(17,20)15-10-5-2-6-11-15;2-1(3,4)8(5,6)7/h14-16,20H,1-13H2;(H,5,6,7). The molecule has 1 N–H and O–H groups in total. The molecule has 0 bridgehead atoms. The highest BCUT2D eigenvalue weighted by molar-refractivity contribution is 7.86. The zero-order valence-corrected chi connectivity index (χ0v) is 17.8. The third-order valence-corrected chi connectivity index (χ3v) is 8.02. The van der Waals surface area contributed by atoms with Crippen molar-refractivity contribution in [3.05, 3.63) is 0 Å². The lowest BCUT2D eigenvalue weighted by molar-refractivity contribution is -0.131. The Balaban J connectivity index is 0.000000300. The van der Waals surface area contributed by atoms with Crippen LogP contribution in [0.15, 0.2) is 0 Å². The SMILES string of the molecule is O=C1C(C2CCCCC2)CCCC1(S)C1CCCCC1.O=S(=O)(O)C(F)(F)F. The molecule has 164 valence electrons. The maximum absolute atomic E-state index is 13.2. The van der Waals surface area contributed by atoms with Crippen LogP contribution in [-0.4, -0.2) is 29.0 Å². The summed E-state index contributed by atoms with van der Waals surface area (Å²) in [5.74, 6) is 2.15. The molecule has 28 heavy (non-hydrogen) atoms. The van der Waals surface area contributed by atoms with Crippen molar-refractivity contribution in [1.82, 2.24) is 0 Å². The van der Waals surface area contributed by atoms with Gasteiger partial charge in [0.15, 0.2) is 5.78 Å². The van der Waals surface area contributed by atoms with E-state index in [1.54, 1.807) is 0 Å². The lowest BCUT2D eigenvalue weighted by atomic mass is 9.64. The normalized spacial score (nSPS) is 31.2. The number of thiol groups is 1. The van der Waals surface area contributed by atoms with E-state index in [-0.39, 0.29) is 4.75 Å². The van der Waals surface area contributed by atoms with Crippen LogP contribution in [0, 0.1) is 17.8 Å². The average molecular weight is 445 g/mol. The number of carbonyl (C=O) groups is 1. The fourth-order valence-electron chi connectivity index (χ4n) is 5.14. The molecule has 0 heterocycles. The summed E-state index contributed by atoms with van der Waals surface area (Å²) in [5.41, 5.74) is -5.53. The van der Waals surface area contributed by atoms with Gasteiger partial charge in [0.25, 0.3) is 0 Å². The van der Waals surface area contributed by atoms with E-state index < -0.39 is 15.6 Å². The van der Waals surface area contributed by atoms with Gasteiger partial charge in [-0.2, -0.15) is 34.2 Å². The van der Waals surface area contributed by atoms with E-state index in [1.807, 2.05) is 0 Å². The number of ketones is 1. The molecule has 2 atom stereocenters. The molecule has 4 nitrogen and oxygen atoms in total. The second-order valence-corrected chi connectivity index (χ2v) is 10.7. The van der Waals surface area contributed by atoms with Crippen molar-refractivity contribution in [3.8, 4) is 0 Å². The molecule has 3 aliphatic carbocycles. The number of rotatable bonds is 2. The first-order chi connectivity index (χ1) is 13.0. The third kappa shape index (κ3) is 5.88. The molecule has 3 saturated carbocycles. The van der Waals surface area contributed by atoms with E-state index in [0.29, 0.717) is 23.5 Å². The van der Waals surface area contributed by atoms with Crippen LogP contribution in [0.1, 0.15) is 83.5 Å². The van der Waals surface area contributed by atoms with Gasteiger partial charge in [0.05, 0.1) is 4.75 Å². The van der Waals surface area contributed by atoms with Gasteiger partial charge < -0.3 is 0 Å². The highest BCUT2D eigenvalue weighted by Gasteiger charge is 2.49. The summed E-state index contributed by atoms with van der Waals surface area (Å²) in [5, 5.41) is 0. The smallest absolute Gasteiger partial charge is 0.298 e. The molecular formula is C19H31F3O4S2. The molecule has 0 spiro atoms. The van der Waals surface area contributed by atoms with Crippen LogP contribution in [0.4, 0.5) is 13.2 Å². The fourth-order valence-corrected chi connectivity index (χ4v) is 5.72. The number of Topliss-reactive ketones (excluding diaryl/α,β-unsaturated/α-hetero) is 1. The molecule has 0 saturated heterocycles. The zero-order valence-electron chi connectivity index (χ0n) is 16.1. The molecule has 2 unspecified atom stereocenters. The molecule has 0 radical (unpaired) electrons. The molecular weight excluding hydrogens is 413 g/mol. The lowest BCUT2D eigenvalue weighted by Gasteiger charge is -2.45. The number of halogens is 3. The van der Waals surface area contributed by atoms with Crippen molar-refractivity contribution in [2.24, 2.45) is 17.8 Å². The predicted molar refractivity (Wildman–Crippen MR) is 105 cm³/mol. The quantitative estimate of drug-likeness (QED) is 0.331. The average Bonchev–Trinajstić information content (AvgIpc) is 2.64. The van der Waals surface area contributed by atoms with E-state index in [2.05, 4.69) is 0 Å². The van der Waals surface area contributed by atoms with E-state index in [0.717, 1.165) is 12.8 Å². The van der Waals surface area contributed by atoms with Crippen molar-refractivity contribution in [1.29, 1.82) is 0 Å². The molecule has 3 aliphatic rings. The number of hydrogen-bond donors (Lipinski definition) is 2. The Bertz CT molecular complexity index is 624. The van der Waals surface area contributed by atoms with Crippen LogP contribution in [0.5, 0.6) is 0 Å². The summed E-state index contributed by atoms with van der Waals surface area (Å²) in [4.78, 5) is 13.2. The molecule has 0 aromatic carbocycles. The van der Waals surface area contributed by atoms with E-state index in [1.165, 1.54) is 70.6 Å². The van der Waals surface area contributed by atoms with Gasteiger partial charge in [-0.05, 0) is 50.4 Å². The van der Waals surface area contributed by atoms with Gasteiger partial charge >= 0.3 is 15.6 Å². The van der Waals surface area contributed by atoms with Gasteiger partial charge in [0, 0.05) is 5.92 Å². The number of hydrogen-bond acceptors (Lipinski definition) is 4. The zero-order chi connectivity index (χ0) is 21.0. The third-order valence-electron chi connectivity index (χ3n) is 6.63. The predicted octanol–water partition coefficient (Wildman–Crippen LogP) is 5.58. The van der Waals surface area contributed by atoms with Crippen molar-refractivity contribution in [2.45, 2.75) is 93.7 Å². The van der Waals surface area contributed by atoms with E-state index in [9.17, 15) is 18.0 Å². The van der Waals surface area contributed by atoms with Crippen molar-refractivity contribution >= 4 is 28.5 Å². The van der Waals surface area contributed by atoms with Crippen molar-refractivity contribution in [2.75, 3.05) is 0 Å². The van der Waals surface area contributed by atoms with Crippen LogP contribution in [0.3, 0.4) is 0 Å². The molecule has 9 heteroatoms. The summed E-state index contributed by atoms with van der Waals surface area (Å²) in [6.07, 6.45) is 16.6. The van der Waals surface area contributed by atoms with Crippen LogP contribution in [-0.2, 0) is 14.9 Å². The van der Waals surface area contributed by atoms with Crippen LogP contribution < -0.4 is 0 Å². The highest BCUT2D eigenvalue weighted by Crippen LogP contribution is 2.48.